The van der Waals surface area contributed by atoms with Gasteiger partial charge in [-0.25, -0.2) is 4.79 Å². The highest BCUT2D eigenvalue weighted by atomic mass is 35.5. The number of aliphatic hydroxyl groups excluding tert-OH is 1. The molecule has 0 rings (SSSR count). The molecule has 1 atom stereocenters. The van der Waals surface area contributed by atoms with E-state index in [4.69, 9.17) is 15.9 Å². The quantitative estimate of drug-likeness (QED) is 0.558. The van der Waals surface area contributed by atoms with Crippen LogP contribution < -0.4 is 5.73 Å². The van der Waals surface area contributed by atoms with Crippen molar-refractivity contribution in [3.05, 3.63) is 11.6 Å². The molecule has 4 N–H and O–H groups in total. The first kappa shape index (κ1) is 14.0. The van der Waals surface area contributed by atoms with Crippen LogP contribution in [-0.2, 0) is 4.79 Å². The Morgan fingerprint density at radius 2 is 2.17 bits per heavy atom. The van der Waals surface area contributed by atoms with E-state index in [1.165, 1.54) is 13.0 Å². The molecule has 0 radical (unpaired) electrons. The maximum absolute atomic E-state index is 10.2. The molecule has 0 spiro atoms. The summed E-state index contributed by atoms with van der Waals surface area (Å²) < 4.78 is 0. The Morgan fingerprint density at radius 1 is 1.67 bits per heavy atom. The summed E-state index contributed by atoms with van der Waals surface area (Å²) >= 11 is 0. The van der Waals surface area contributed by atoms with Crippen LogP contribution in [0.1, 0.15) is 13.3 Å². The first-order chi connectivity index (χ1) is 5.07. The van der Waals surface area contributed by atoms with Crippen LogP contribution in [0.3, 0.4) is 0 Å². The zero-order valence-electron chi connectivity index (χ0n) is 6.86. The van der Waals surface area contributed by atoms with E-state index in [9.17, 15) is 4.79 Å². The maximum Gasteiger partial charge on any atom is 0.330 e. The molecule has 0 heterocycles. The van der Waals surface area contributed by atoms with E-state index in [0.717, 1.165) is 0 Å². The number of rotatable bonds is 4. The second-order valence-electron chi connectivity index (χ2n) is 2.32. The van der Waals surface area contributed by atoms with Crippen molar-refractivity contribution in [2.24, 2.45) is 5.73 Å². The highest BCUT2D eigenvalue weighted by Crippen LogP contribution is 1.97. The molecule has 0 aliphatic carbocycles. The number of hydrogen-bond donors (Lipinski definition) is 3. The van der Waals surface area contributed by atoms with Gasteiger partial charge in [0.2, 0.25) is 0 Å². The number of carbonyl (C=O) groups is 1. The smallest absolute Gasteiger partial charge is 0.330 e. The lowest BCUT2D eigenvalue weighted by Gasteiger charge is -2.02. The van der Waals surface area contributed by atoms with Crippen LogP contribution in [-0.4, -0.2) is 28.8 Å². The molecule has 0 aliphatic heterocycles. The van der Waals surface area contributed by atoms with Gasteiger partial charge in [0.25, 0.3) is 0 Å². The molecular weight excluding hydrogens is 182 g/mol. The van der Waals surface area contributed by atoms with Crippen LogP contribution in [0, 0.1) is 0 Å². The van der Waals surface area contributed by atoms with Gasteiger partial charge in [-0.1, -0.05) is 6.08 Å². The van der Waals surface area contributed by atoms with Crippen molar-refractivity contribution < 1.29 is 15.0 Å². The monoisotopic (exact) mass is 195 g/mol. The highest BCUT2D eigenvalue weighted by Gasteiger charge is 2.01. The lowest BCUT2D eigenvalue weighted by atomic mass is 10.2. The zero-order chi connectivity index (χ0) is 8.85. The predicted molar refractivity (Wildman–Crippen MR) is 48.3 cm³/mol. The Balaban J connectivity index is 0. The molecule has 0 fully saturated rings. The van der Waals surface area contributed by atoms with Gasteiger partial charge in [0.1, 0.15) is 0 Å². The number of hydrogen-bond acceptors (Lipinski definition) is 3. The molecule has 0 aromatic heterocycles. The van der Waals surface area contributed by atoms with E-state index in [0.29, 0.717) is 6.42 Å². The van der Waals surface area contributed by atoms with Gasteiger partial charge in [0.15, 0.2) is 0 Å². The molecule has 0 saturated heterocycles. The minimum absolute atomic E-state index is 0. The summed E-state index contributed by atoms with van der Waals surface area (Å²) in [6, 6.07) is 0. The standard InChI is InChI=1S/C7H13NO3.ClH/c1-5(7(10)11)2-3-6(9)4-8;/h2,6,9H,3-4,8H2,1H3,(H,10,11);1H/b5-2+;. The van der Waals surface area contributed by atoms with E-state index >= 15 is 0 Å². The second kappa shape index (κ2) is 7.09. The largest absolute Gasteiger partial charge is 0.478 e. The average Bonchev–Trinajstić information content (AvgIpc) is 1.99. The van der Waals surface area contributed by atoms with Crippen molar-refractivity contribution in [2.75, 3.05) is 6.54 Å². The third-order valence-corrected chi connectivity index (χ3v) is 1.31. The van der Waals surface area contributed by atoms with Gasteiger partial charge in [0.05, 0.1) is 6.10 Å². The summed E-state index contributed by atoms with van der Waals surface area (Å²) in [6.07, 6.45) is 1.12. The molecule has 0 aromatic rings. The molecule has 0 aliphatic rings. The molecule has 4 nitrogen and oxygen atoms in total. The molecule has 1 unspecified atom stereocenters. The van der Waals surface area contributed by atoms with Crippen molar-refractivity contribution in [1.82, 2.24) is 0 Å². The number of nitrogens with two attached hydrogens (primary N) is 1. The number of aliphatic hydroxyl groups is 1. The minimum Gasteiger partial charge on any atom is -0.478 e. The summed E-state index contributed by atoms with van der Waals surface area (Å²) in [5, 5.41) is 17.3. The van der Waals surface area contributed by atoms with Gasteiger partial charge in [-0.3, -0.25) is 0 Å². The van der Waals surface area contributed by atoms with Gasteiger partial charge < -0.3 is 15.9 Å². The Kier molecular flexibility index (Phi) is 8.26. The Hall–Kier alpha value is -0.580. The van der Waals surface area contributed by atoms with E-state index in [2.05, 4.69) is 0 Å². The van der Waals surface area contributed by atoms with Crippen LogP contribution >= 0.6 is 12.4 Å². The number of carboxylic acids is 1. The van der Waals surface area contributed by atoms with Crippen LogP contribution in [0.5, 0.6) is 0 Å². The van der Waals surface area contributed by atoms with Crippen LogP contribution in [0.15, 0.2) is 11.6 Å². The lowest BCUT2D eigenvalue weighted by molar-refractivity contribution is -0.132. The second-order valence-corrected chi connectivity index (χ2v) is 2.32. The van der Waals surface area contributed by atoms with Gasteiger partial charge >= 0.3 is 5.97 Å². The van der Waals surface area contributed by atoms with Crippen molar-refractivity contribution in [2.45, 2.75) is 19.4 Å². The van der Waals surface area contributed by atoms with Gasteiger partial charge in [-0.15, -0.1) is 12.4 Å². The maximum atomic E-state index is 10.2. The SMILES string of the molecule is C/C(=C\CC(O)CN)C(=O)O.Cl. The number of aliphatic carboxylic acids is 1. The molecule has 5 heteroatoms. The fraction of sp³-hybridized carbons (Fsp3) is 0.571. The van der Waals surface area contributed by atoms with Crippen LogP contribution in [0.25, 0.3) is 0 Å². The summed E-state index contributed by atoms with van der Waals surface area (Å²) in [5.74, 6) is -0.964. The minimum atomic E-state index is -0.964. The van der Waals surface area contributed by atoms with Crippen LogP contribution in [0.2, 0.25) is 0 Å². The number of halogens is 1. The van der Waals surface area contributed by atoms with Crippen molar-refractivity contribution >= 4 is 18.4 Å². The summed E-state index contributed by atoms with van der Waals surface area (Å²) in [7, 11) is 0. The average molecular weight is 196 g/mol. The van der Waals surface area contributed by atoms with Crippen molar-refractivity contribution in [1.29, 1.82) is 0 Å². The number of carboxylic acid groups (broad SMARTS) is 1. The Bertz CT molecular complexity index is 170. The lowest BCUT2D eigenvalue weighted by Crippen LogP contribution is -2.18. The zero-order valence-corrected chi connectivity index (χ0v) is 7.67. The normalized spacial score (nSPS) is 13.4. The van der Waals surface area contributed by atoms with Gasteiger partial charge in [-0.05, 0) is 13.3 Å². The Labute approximate surface area is 77.5 Å². The molecule has 0 saturated carbocycles. The van der Waals surface area contributed by atoms with E-state index in [1.807, 2.05) is 0 Å². The molecule has 0 aromatic carbocycles. The van der Waals surface area contributed by atoms with Crippen molar-refractivity contribution in [3.63, 3.8) is 0 Å². The van der Waals surface area contributed by atoms with E-state index in [-0.39, 0.29) is 24.5 Å². The first-order valence-corrected chi connectivity index (χ1v) is 3.36. The topological polar surface area (TPSA) is 83.5 Å². The van der Waals surface area contributed by atoms with E-state index in [1.54, 1.807) is 0 Å². The molecule has 72 valence electrons. The fourth-order valence-electron chi connectivity index (χ4n) is 0.496. The summed E-state index contributed by atoms with van der Waals surface area (Å²) in [5.41, 5.74) is 5.34. The summed E-state index contributed by atoms with van der Waals surface area (Å²) in [6.45, 7) is 1.63. The van der Waals surface area contributed by atoms with Crippen molar-refractivity contribution in [3.8, 4) is 0 Å². The Morgan fingerprint density at radius 3 is 2.50 bits per heavy atom. The third kappa shape index (κ3) is 6.15. The van der Waals surface area contributed by atoms with Gasteiger partial charge in [0, 0.05) is 12.1 Å². The first-order valence-electron chi connectivity index (χ1n) is 3.36. The fourth-order valence-corrected chi connectivity index (χ4v) is 0.496. The third-order valence-electron chi connectivity index (χ3n) is 1.31. The molecule has 0 amide bonds. The summed E-state index contributed by atoms with van der Waals surface area (Å²) in [4.78, 5) is 10.2. The highest BCUT2D eigenvalue weighted by molar-refractivity contribution is 5.85. The van der Waals surface area contributed by atoms with Crippen LogP contribution in [0.4, 0.5) is 0 Å². The van der Waals surface area contributed by atoms with Gasteiger partial charge in [-0.2, -0.15) is 0 Å². The molecule has 0 bridgehead atoms. The predicted octanol–water partition coefficient (Wildman–Crippen LogP) is 0.149. The molecular formula is C7H14ClNO3. The molecule has 12 heavy (non-hydrogen) atoms. The van der Waals surface area contributed by atoms with E-state index < -0.39 is 12.1 Å².